The highest BCUT2D eigenvalue weighted by Crippen LogP contribution is 2.21. The number of carbonyl (C=O) groups excluding carboxylic acids is 3. The number of hydrogen-bond acceptors (Lipinski definition) is 5. The van der Waals surface area contributed by atoms with E-state index in [1.165, 1.54) is 7.11 Å². The molecule has 0 bridgehead atoms. The van der Waals surface area contributed by atoms with Crippen LogP contribution in [0.4, 0.5) is 0 Å². The summed E-state index contributed by atoms with van der Waals surface area (Å²) in [6, 6.07) is 0. The van der Waals surface area contributed by atoms with Crippen LogP contribution < -0.4 is 0 Å². The van der Waals surface area contributed by atoms with Gasteiger partial charge < -0.3 is 24.3 Å². The lowest BCUT2D eigenvalue weighted by Gasteiger charge is -2.25. The first kappa shape index (κ1) is 19.7. The zero-order chi connectivity index (χ0) is 18.4. The number of rotatable bonds is 6. The van der Waals surface area contributed by atoms with E-state index in [1.807, 2.05) is 23.9 Å². The van der Waals surface area contributed by atoms with Crippen LogP contribution >= 0.6 is 0 Å². The maximum absolute atomic E-state index is 12.8. The summed E-state index contributed by atoms with van der Waals surface area (Å²) in [5, 5.41) is 0. The molecule has 2 saturated heterocycles. The Morgan fingerprint density at radius 2 is 1.84 bits per heavy atom. The summed E-state index contributed by atoms with van der Waals surface area (Å²) < 4.78 is 4.90. The molecule has 2 rings (SSSR count). The van der Waals surface area contributed by atoms with Crippen LogP contribution in [0.15, 0.2) is 0 Å². The average molecular weight is 354 g/mol. The van der Waals surface area contributed by atoms with Gasteiger partial charge in [-0.1, -0.05) is 0 Å². The summed E-state index contributed by atoms with van der Waals surface area (Å²) in [5.74, 6) is -0.188. The predicted molar refractivity (Wildman–Crippen MR) is 92.9 cm³/mol. The van der Waals surface area contributed by atoms with Gasteiger partial charge in [-0.2, -0.15) is 0 Å². The van der Waals surface area contributed by atoms with E-state index in [1.54, 1.807) is 9.80 Å². The van der Waals surface area contributed by atoms with Gasteiger partial charge in [0.05, 0.1) is 5.92 Å². The zero-order valence-corrected chi connectivity index (χ0v) is 15.6. The molecule has 0 aromatic rings. The number of likely N-dealkylation sites (N-methyl/N-ethyl adjacent to an activating group) is 1. The van der Waals surface area contributed by atoms with Crippen LogP contribution in [0.3, 0.4) is 0 Å². The first-order chi connectivity index (χ1) is 11.9. The normalized spacial score (nSPS) is 21.8. The average Bonchev–Trinajstić information content (AvgIpc) is 2.78. The highest BCUT2D eigenvalue weighted by molar-refractivity contribution is 5.89. The van der Waals surface area contributed by atoms with Crippen LogP contribution in [0.1, 0.15) is 12.8 Å². The van der Waals surface area contributed by atoms with Crippen molar-refractivity contribution in [3.05, 3.63) is 0 Å². The van der Waals surface area contributed by atoms with E-state index in [-0.39, 0.29) is 30.2 Å². The second kappa shape index (κ2) is 9.15. The van der Waals surface area contributed by atoms with Gasteiger partial charge in [0.15, 0.2) is 0 Å². The maximum atomic E-state index is 12.8. The van der Waals surface area contributed by atoms with Crippen molar-refractivity contribution in [3.63, 3.8) is 0 Å². The topological polar surface area (TPSA) is 73.4 Å². The van der Waals surface area contributed by atoms with Crippen molar-refractivity contribution < 1.29 is 19.1 Å². The highest BCUT2D eigenvalue weighted by atomic mass is 16.5. The summed E-state index contributed by atoms with van der Waals surface area (Å²) in [4.78, 5) is 44.2. The molecule has 0 unspecified atom stereocenters. The Hall–Kier alpha value is -1.67. The van der Waals surface area contributed by atoms with Crippen molar-refractivity contribution >= 4 is 17.7 Å². The monoisotopic (exact) mass is 354 g/mol. The smallest absolute Gasteiger partial charge is 0.248 e. The minimum absolute atomic E-state index is 0.0392. The van der Waals surface area contributed by atoms with Crippen molar-refractivity contribution in [2.24, 2.45) is 5.92 Å². The Kier molecular flexibility index (Phi) is 7.19. The number of hydrogen-bond donors (Lipinski definition) is 0. The molecule has 142 valence electrons. The predicted octanol–water partition coefficient (Wildman–Crippen LogP) is -0.896. The largest absolute Gasteiger partial charge is 0.375 e. The lowest BCUT2D eigenvalue weighted by Crippen LogP contribution is -2.41. The van der Waals surface area contributed by atoms with Crippen LogP contribution in [0, 0.1) is 5.92 Å². The first-order valence-electron chi connectivity index (χ1n) is 8.90. The van der Waals surface area contributed by atoms with Gasteiger partial charge in [-0.05, 0) is 20.5 Å². The van der Waals surface area contributed by atoms with E-state index >= 15 is 0 Å². The molecule has 0 aliphatic carbocycles. The van der Waals surface area contributed by atoms with Crippen LogP contribution in [0.2, 0.25) is 0 Å². The molecule has 8 heteroatoms. The van der Waals surface area contributed by atoms with Gasteiger partial charge in [0.2, 0.25) is 17.7 Å². The fraction of sp³-hybridized carbons (Fsp3) is 0.824. The molecule has 0 radical (unpaired) electrons. The van der Waals surface area contributed by atoms with E-state index in [4.69, 9.17) is 4.74 Å². The van der Waals surface area contributed by atoms with Crippen molar-refractivity contribution in [1.82, 2.24) is 19.6 Å². The SMILES string of the molecule is COCC(=O)N1CCCN(C(=O)[C@@H]2CC(=O)N(CCN(C)C)C2)CC1. The molecular formula is C17H30N4O4. The zero-order valence-electron chi connectivity index (χ0n) is 15.6. The highest BCUT2D eigenvalue weighted by Gasteiger charge is 2.36. The van der Waals surface area contributed by atoms with Gasteiger partial charge in [0.25, 0.3) is 0 Å². The molecule has 0 saturated carbocycles. The standard InChI is InChI=1S/C17H30N4O4/c1-18(2)7-8-21-12-14(11-15(21)22)17(24)20-6-4-5-19(9-10-20)16(23)13-25-3/h14H,4-13H2,1-3H3/t14-/m1/s1. The van der Waals surface area contributed by atoms with Crippen LogP contribution in [-0.2, 0) is 19.1 Å². The quantitative estimate of drug-likeness (QED) is 0.618. The van der Waals surface area contributed by atoms with E-state index in [0.29, 0.717) is 45.7 Å². The van der Waals surface area contributed by atoms with E-state index < -0.39 is 0 Å². The molecule has 2 fully saturated rings. The molecule has 0 aromatic heterocycles. The molecule has 2 aliphatic heterocycles. The summed E-state index contributed by atoms with van der Waals surface area (Å²) in [6.07, 6.45) is 1.06. The molecule has 0 aromatic carbocycles. The van der Waals surface area contributed by atoms with E-state index in [0.717, 1.165) is 13.0 Å². The van der Waals surface area contributed by atoms with E-state index in [9.17, 15) is 14.4 Å². The van der Waals surface area contributed by atoms with Gasteiger partial charge in [0, 0.05) is 59.3 Å². The van der Waals surface area contributed by atoms with Gasteiger partial charge in [0.1, 0.15) is 6.61 Å². The Bertz CT molecular complexity index is 497. The van der Waals surface area contributed by atoms with Gasteiger partial charge in [-0.3, -0.25) is 14.4 Å². The van der Waals surface area contributed by atoms with Crippen molar-refractivity contribution in [1.29, 1.82) is 0 Å². The number of amides is 3. The molecule has 2 heterocycles. The Morgan fingerprint density at radius 3 is 2.52 bits per heavy atom. The van der Waals surface area contributed by atoms with Crippen LogP contribution in [0.5, 0.6) is 0 Å². The lowest BCUT2D eigenvalue weighted by molar-refractivity contribution is -0.137. The Labute approximate surface area is 149 Å². The molecule has 2 aliphatic rings. The second-order valence-electron chi connectivity index (χ2n) is 7.04. The Balaban J connectivity index is 1.86. The molecule has 25 heavy (non-hydrogen) atoms. The summed E-state index contributed by atoms with van der Waals surface area (Å²) >= 11 is 0. The van der Waals surface area contributed by atoms with Crippen LogP contribution in [0.25, 0.3) is 0 Å². The molecule has 8 nitrogen and oxygen atoms in total. The maximum Gasteiger partial charge on any atom is 0.248 e. The summed E-state index contributed by atoms with van der Waals surface area (Å²) in [7, 11) is 5.44. The molecule has 0 spiro atoms. The minimum atomic E-state index is -0.254. The second-order valence-corrected chi connectivity index (χ2v) is 7.04. The fourth-order valence-corrected chi connectivity index (χ4v) is 3.33. The van der Waals surface area contributed by atoms with E-state index in [2.05, 4.69) is 0 Å². The lowest BCUT2D eigenvalue weighted by atomic mass is 10.1. The number of ether oxygens (including phenoxy) is 1. The number of methoxy groups -OCH3 is 1. The third-order valence-electron chi connectivity index (χ3n) is 4.81. The summed E-state index contributed by atoms with van der Waals surface area (Å²) in [6.45, 7) is 4.38. The van der Waals surface area contributed by atoms with Gasteiger partial charge in [-0.15, -0.1) is 0 Å². The minimum Gasteiger partial charge on any atom is -0.375 e. The van der Waals surface area contributed by atoms with Gasteiger partial charge in [-0.25, -0.2) is 0 Å². The number of nitrogens with zero attached hydrogens (tertiary/aromatic N) is 4. The summed E-state index contributed by atoms with van der Waals surface area (Å²) in [5.41, 5.74) is 0. The van der Waals surface area contributed by atoms with Crippen molar-refractivity contribution in [2.75, 3.05) is 73.6 Å². The van der Waals surface area contributed by atoms with Gasteiger partial charge >= 0.3 is 0 Å². The van der Waals surface area contributed by atoms with Crippen molar-refractivity contribution in [3.8, 4) is 0 Å². The number of carbonyl (C=O) groups is 3. The molecule has 0 N–H and O–H groups in total. The fourth-order valence-electron chi connectivity index (χ4n) is 3.33. The third kappa shape index (κ3) is 5.40. The number of likely N-dealkylation sites (tertiary alicyclic amines) is 1. The third-order valence-corrected chi connectivity index (χ3v) is 4.81. The van der Waals surface area contributed by atoms with Crippen molar-refractivity contribution in [2.45, 2.75) is 12.8 Å². The molecule has 1 atom stereocenters. The van der Waals surface area contributed by atoms with Crippen LogP contribution in [-0.4, -0.2) is 111 Å². The molecule has 3 amide bonds. The first-order valence-corrected chi connectivity index (χ1v) is 8.90. The Morgan fingerprint density at radius 1 is 1.16 bits per heavy atom. The molecular weight excluding hydrogens is 324 g/mol.